The molecule has 0 saturated carbocycles. The number of nitrogens with one attached hydrogen (secondary N) is 2. The minimum atomic E-state index is 0. The lowest BCUT2D eigenvalue weighted by Crippen LogP contribution is -2.11. The molecule has 2 aromatic heterocycles. The molecule has 3 aromatic rings. The molecule has 0 atom stereocenters. The van der Waals surface area contributed by atoms with E-state index in [0.29, 0.717) is 28.9 Å². The summed E-state index contributed by atoms with van der Waals surface area (Å²) >= 11 is 6.04. The van der Waals surface area contributed by atoms with E-state index in [1.165, 1.54) is 0 Å². The van der Waals surface area contributed by atoms with Crippen molar-refractivity contribution in [2.75, 3.05) is 23.8 Å². The van der Waals surface area contributed by atoms with Crippen LogP contribution in [0.3, 0.4) is 0 Å². The molecule has 0 amide bonds. The van der Waals surface area contributed by atoms with E-state index < -0.39 is 0 Å². The molecule has 0 unspecified atom stereocenters. The first-order valence-electron chi connectivity index (χ1n) is 7.70. The molecule has 0 spiro atoms. The van der Waals surface area contributed by atoms with Gasteiger partial charge < -0.3 is 20.3 Å². The molecule has 1 aromatic carbocycles. The van der Waals surface area contributed by atoms with Crippen LogP contribution in [0.4, 0.5) is 17.5 Å². The zero-order chi connectivity index (χ0) is 17.1. The molecule has 0 aliphatic heterocycles. The number of nitrogens with zero attached hydrogens (tertiary/aromatic N) is 4. The molecular formula is C16H20Cl2N6O. The van der Waals surface area contributed by atoms with Gasteiger partial charge in [0.15, 0.2) is 17.0 Å². The van der Waals surface area contributed by atoms with Gasteiger partial charge in [-0.25, -0.2) is 4.98 Å². The molecule has 9 heteroatoms. The zero-order valence-corrected chi connectivity index (χ0v) is 15.5. The van der Waals surface area contributed by atoms with Crippen LogP contribution in [0, 0.1) is 0 Å². The number of benzene rings is 1. The van der Waals surface area contributed by atoms with Gasteiger partial charge in [-0.15, -0.1) is 12.4 Å². The van der Waals surface area contributed by atoms with Gasteiger partial charge in [0, 0.05) is 23.3 Å². The first kappa shape index (κ1) is 19.2. The van der Waals surface area contributed by atoms with Crippen molar-refractivity contribution in [1.82, 2.24) is 19.5 Å². The van der Waals surface area contributed by atoms with E-state index in [9.17, 15) is 0 Å². The van der Waals surface area contributed by atoms with E-state index in [1.54, 1.807) is 6.33 Å². The minimum Gasteiger partial charge on any atom is -0.395 e. The fourth-order valence-corrected chi connectivity index (χ4v) is 2.52. The third kappa shape index (κ3) is 4.31. The molecule has 0 fully saturated rings. The Morgan fingerprint density at radius 3 is 2.76 bits per heavy atom. The molecule has 7 nitrogen and oxygen atoms in total. The van der Waals surface area contributed by atoms with E-state index in [2.05, 4.69) is 39.4 Å². The lowest BCUT2D eigenvalue weighted by Gasteiger charge is -2.12. The molecular weight excluding hydrogens is 363 g/mol. The van der Waals surface area contributed by atoms with Gasteiger partial charge in [0.25, 0.3) is 0 Å². The molecule has 3 N–H and O–H groups in total. The molecule has 0 aliphatic rings. The van der Waals surface area contributed by atoms with E-state index in [1.807, 2.05) is 28.8 Å². The highest BCUT2D eigenvalue weighted by molar-refractivity contribution is 6.30. The van der Waals surface area contributed by atoms with Gasteiger partial charge in [-0.3, -0.25) is 0 Å². The van der Waals surface area contributed by atoms with Crippen LogP contribution in [0.5, 0.6) is 0 Å². The second-order valence-electron chi connectivity index (χ2n) is 5.60. The highest BCUT2D eigenvalue weighted by Crippen LogP contribution is 2.26. The first-order valence-corrected chi connectivity index (χ1v) is 8.08. The Morgan fingerprint density at radius 2 is 2.08 bits per heavy atom. The quantitative estimate of drug-likeness (QED) is 0.603. The van der Waals surface area contributed by atoms with Crippen LogP contribution in [0.15, 0.2) is 30.6 Å². The number of aliphatic hydroxyl groups is 1. The Hall–Kier alpha value is -2.09. The fourth-order valence-electron chi connectivity index (χ4n) is 2.33. The van der Waals surface area contributed by atoms with Gasteiger partial charge in [0.1, 0.15) is 0 Å². The highest BCUT2D eigenvalue weighted by atomic mass is 35.5. The van der Waals surface area contributed by atoms with E-state index in [-0.39, 0.29) is 25.1 Å². The Morgan fingerprint density at radius 1 is 1.28 bits per heavy atom. The number of halogens is 2. The zero-order valence-electron chi connectivity index (χ0n) is 13.9. The lowest BCUT2D eigenvalue weighted by atomic mass is 10.3. The van der Waals surface area contributed by atoms with Crippen molar-refractivity contribution >= 4 is 52.6 Å². The van der Waals surface area contributed by atoms with Gasteiger partial charge in [-0.2, -0.15) is 9.97 Å². The second kappa shape index (κ2) is 8.33. The average molecular weight is 383 g/mol. The largest absolute Gasteiger partial charge is 0.395 e. The Labute approximate surface area is 156 Å². The van der Waals surface area contributed by atoms with Crippen molar-refractivity contribution in [2.24, 2.45) is 0 Å². The summed E-state index contributed by atoms with van der Waals surface area (Å²) < 4.78 is 1.98. The summed E-state index contributed by atoms with van der Waals surface area (Å²) in [6.45, 7) is 4.50. The lowest BCUT2D eigenvalue weighted by molar-refractivity contribution is 0.311. The van der Waals surface area contributed by atoms with Crippen LogP contribution in [-0.2, 0) is 0 Å². The molecule has 0 bridgehead atoms. The maximum absolute atomic E-state index is 9.01. The first-order chi connectivity index (χ1) is 11.6. The molecule has 134 valence electrons. The summed E-state index contributed by atoms with van der Waals surface area (Å²) in [5, 5.41) is 15.9. The van der Waals surface area contributed by atoms with Crippen molar-refractivity contribution in [2.45, 2.75) is 19.9 Å². The maximum Gasteiger partial charge on any atom is 0.226 e. The number of aromatic nitrogens is 4. The standard InChI is InChI=1S/C16H19ClN6O.ClH/c1-10(2)23-9-19-13-14(20-12-5-3-4-11(17)8-12)21-16(18-6-7-24)22-15(13)23;/h3-5,8-10,24H,6-7H2,1-2H3,(H2,18,20,21,22);1H. The van der Waals surface area contributed by atoms with Crippen LogP contribution in [0.2, 0.25) is 5.02 Å². The fraction of sp³-hybridized carbons (Fsp3) is 0.312. The second-order valence-corrected chi connectivity index (χ2v) is 6.04. The number of hydrogen-bond acceptors (Lipinski definition) is 6. The number of hydrogen-bond donors (Lipinski definition) is 3. The summed E-state index contributed by atoms with van der Waals surface area (Å²) in [5.74, 6) is 1.02. The Kier molecular flexibility index (Phi) is 6.41. The van der Waals surface area contributed by atoms with Gasteiger partial charge in [-0.1, -0.05) is 17.7 Å². The SMILES string of the molecule is CC(C)n1cnc2c(Nc3cccc(Cl)c3)nc(NCCO)nc21.Cl. The monoisotopic (exact) mass is 382 g/mol. The summed E-state index contributed by atoms with van der Waals surface area (Å²) in [5.41, 5.74) is 2.22. The van der Waals surface area contributed by atoms with Gasteiger partial charge in [0.2, 0.25) is 5.95 Å². The summed E-state index contributed by atoms with van der Waals surface area (Å²) in [7, 11) is 0. The summed E-state index contributed by atoms with van der Waals surface area (Å²) in [6.07, 6.45) is 1.75. The molecule has 3 rings (SSSR count). The number of rotatable bonds is 6. The van der Waals surface area contributed by atoms with Gasteiger partial charge in [-0.05, 0) is 32.0 Å². The van der Waals surface area contributed by atoms with Crippen molar-refractivity contribution in [3.05, 3.63) is 35.6 Å². The predicted octanol–water partition coefficient (Wildman–Crippen LogP) is 3.63. The van der Waals surface area contributed by atoms with Crippen molar-refractivity contribution < 1.29 is 5.11 Å². The van der Waals surface area contributed by atoms with Crippen LogP contribution < -0.4 is 10.6 Å². The molecule has 0 radical (unpaired) electrons. The Balaban J connectivity index is 0.00000225. The van der Waals surface area contributed by atoms with Crippen molar-refractivity contribution in [3.8, 4) is 0 Å². The number of fused-ring (bicyclic) bond motifs is 1. The molecule has 2 heterocycles. The van der Waals surface area contributed by atoms with Crippen molar-refractivity contribution in [1.29, 1.82) is 0 Å². The highest BCUT2D eigenvalue weighted by Gasteiger charge is 2.15. The van der Waals surface area contributed by atoms with E-state index in [4.69, 9.17) is 16.7 Å². The Bertz CT molecular complexity index is 852. The number of anilines is 3. The smallest absolute Gasteiger partial charge is 0.226 e. The number of imidazole rings is 1. The molecule has 0 saturated heterocycles. The summed E-state index contributed by atoms with van der Waals surface area (Å²) in [4.78, 5) is 13.4. The van der Waals surface area contributed by atoms with Crippen LogP contribution >= 0.6 is 24.0 Å². The van der Waals surface area contributed by atoms with Crippen molar-refractivity contribution in [3.63, 3.8) is 0 Å². The van der Waals surface area contributed by atoms with Crippen LogP contribution in [-0.4, -0.2) is 37.8 Å². The third-order valence-corrected chi connectivity index (χ3v) is 3.70. The minimum absolute atomic E-state index is 0. The number of aliphatic hydroxyl groups excluding tert-OH is 1. The van der Waals surface area contributed by atoms with E-state index >= 15 is 0 Å². The maximum atomic E-state index is 9.01. The van der Waals surface area contributed by atoms with Crippen LogP contribution in [0.1, 0.15) is 19.9 Å². The van der Waals surface area contributed by atoms with Gasteiger partial charge >= 0.3 is 0 Å². The summed E-state index contributed by atoms with van der Waals surface area (Å²) in [6, 6.07) is 7.61. The molecule has 0 aliphatic carbocycles. The molecule has 25 heavy (non-hydrogen) atoms. The normalized spacial score (nSPS) is 10.8. The third-order valence-electron chi connectivity index (χ3n) is 3.46. The topological polar surface area (TPSA) is 87.9 Å². The van der Waals surface area contributed by atoms with Crippen LogP contribution in [0.25, 0.3) is 11.2 Å². The predicted molar refractivity (Wildman–Crippen MR) is 103 cm³/mol. The van der Waals surface area contributed by atoms with E-state index in [0.717, 1.165) is 11.3 Å². The average Bonchev–Trinajstić information content (AvgIpc) is 2.97. The van der Waals surface area contributed by atoms with Gasteiger partial charge in [0.05, 0.1) is 12.9 Å².